The summed E-state index contributed by atoms with van der Waals surface area (Å²) >= 11 is 0. The summed E-state index contributed by atoms with van der Waals surface area (Å²) in [5, 5.41) is 12.5. The molecule has 0 spiro atoms. The summed E-state index contributed by atoms with van der Waals surface area (Å²) in [4.78, 5) is 22.7. The number of aliphatic hydroxyl groups excluding tert-OH is 1. The van der Waals surface area contributed by atoms with Crippen LogP contribution in [-0.4, -0.2) is 21.0 Å². The first kappa shape index (κ1) is 22.7. The van der Waals surface area contributed by atoms with E-state index in [-0.39, 0.29) is 12.5 Å². The molecule has 4 aromatic rings. The van der Waals surface area contributed by atoms with Crippen LogP contribution < -0.4 is 5.32 Å². The molecule has 0 aliphatic heterocycles. The Morgan fingerprint density at radius 2 is 1.66 bits per heavy atom. The molecule has 0 bridgehead atoms. The molecule has 5 nitrogen and oxygen atoms in total. The molecule has 0 saturated heterocycles. The lowest BCUT2D eigenvalue weighted by atomic mass is 9.90. The molecule has 1 heterocycles. The molecule has 0 radical (unpaired) electrons. The number of aliphatic hydroxyl groups is 1. The fourth-order valence-corrected chi connectivity index (χ4v) is 4.35. The number of rotatable bonds is 7. The van der Waals surface area contributed by atoms with E-state index in [9.17, 15) is 9.90 Å². The van der Waals surface area contributed by atoms with Crippen LogP contribution in [0.3, 0.4) is 0 Å². The molecule has 1 aromatic heterocycles. The molecular weight excluding hydrogens is 434 g/mol. The standard InChI is InChI=1S/C30H27N3O2/c34-20-23-11-15-25-24(19-23)14-17-26-29(25)31-27(16-12-21-7-3-1-4-8-21)30(32-26)33-28(35)18-13-22-9-5-2-6-10-22/h1-12,15-16,19,34H,13-14,17-18,20H2,(H,32,33,35)/b16-12+. The summed E-state index contributed by atoms with van der Waals surface area (Å²) in [5.74, 6) is 0.408. The van der Waals surface area contributed by atoms with Crippen molar-refractivity contribution in [1.29, 1.82) is 0 Å². The van der Waals surface area contributed by atoms with Crippen molar-refractivity contribution in [2.45, 2.75) is 32.3 Å². The van der Waals surface area contributed by atoms with E-state index in [1.807, 2.05) is 91.0 Å². The van der Waals surface area contributed by atoms with E-state index in [0.29, 0.717) is 24.4 Å². The van der Waals surface area contributed by atoms with Crippen LogP contribution in [-0.2, 0) is 30.7 Å². The topological polar surface area (TPSA) is 75.1 Å². The number of hydrogen-bond donors (Lipinski definition) is 2. The highest BCUT2D eigenvalue weighted by Crippen LogP contribution is 2.34. The van der Waals surface area contributed by atoms with E-state index in [0.717, 1.165) is 52.0 Å². The van der Waals surface area contributed by atoms with Gasteiger partial charge in [-0.25, -0.2) is 9.97 Å². The van der Waals surface area contributed by atoms with Crippen LogP contribution in [0.25, 0.3) is 23.4 Å². The normalized spacial score (nSPS) is 12.3. The Morgan fingerprint density at radius 1 is 0.886 bits per heavy atom. The Labute approximate surface area is 205 Å². The largest absolute Gasteiger partial charge is 0.392 e. The van der Waals surface area contributed by atoms with Gasteiger partial charge in [-0.15, -0.1) is 0 Å². The first-order chi connectivity index (χ1) is 17.2. The number of amides is 1. The van der Waals surface area contributed by atoms with Gasteiger partial charge in [0.25, 0.3) is 0 Å². The molecule has 1 amide bonds. The van der Waals surface area contributed by atoms with Crippen LogP contribution in [0.15, 0.2) is 78.9 Å². The molecule has 1 aliphatic carbocycles. The maximum Gasteiger partial charge on any atom is 0.225 e. The van der Waals surface area contributed by atoms with E-state index < -0.39 is 0 Å². The molecule has 5 heteroatoms. The molecule has 0 saturated carbocycles. The zero-order valence-electron chi connectivity index (χ0n) is 19.4. The molecule has 5 rings (SSSR count). The van der Waals surface area contributed by atoms with Gasteiger partial charge in [0.1, 0.15) is 5.69 Å². The second-order valence-electron chi connectivity index (χ2n) is 8.68. The SMILES string of the molecule is O=C(CCc1ccccc1)Nc1nc2c(nc1/C=C/c1ccccc1)-c1ccc(CO)cc1CC2. The van der Waals surface area contributed by atoms with Crippen molar-refractivity contribution < 1.29 is 9.90 Å². The van der Waals surface area contributed by atoms with Crippen molar-refractivity contribution >= 4 is 23.9 Å². The Hall–Kier alpha value is -4.09. The summed E-state index contributed by atoms with van der Waals surface area (Å²) in [6.07, 6.45) is 6.49. The van der Waals surface area contributed by atoms with Gasteiger partial charge in [0.05, 0.1) is 18.0 Å². The summed E-state index contributed by atoms with van der Waals surface area (Å²) in [5.41, 5.74) is 7.61. The van der Waals surface area contributed by atoms with Gasteiger partial charge in [-0.05, 0) is 47.6 Å². The highest BCUT2D eigenvalue weighted by atomic mass is 16.3. The number of anilines is 1. The molecule has 0 unspecified atom stereocenters. The number of aromatic nitrogens is 2. The number of nitrogens with zero attached hydrogens (tertiary/aromatic N) is 2. The number of benzene rings is 3. The minimum atomic E-state index is -0.0822. The fraction of sp³-hybridized carbons (Fsp3) is 0.167. The Balaban J connectivity index is 1.46. The summed E-state index contributed by atoms with van der Waals surface area (Å²) in [7, 11) is 0. The van der Waals surface area contributed by atoms with E-state index in [4.69, 9.17) is 9.97 Å². The lowest BCUT2D eigenvalue weighted by molar-refractivity contribution is -0.116. The molecule has 174 valence electrons. The minimum Gasteiger partial charge on any atom is -0.392 e. The Morgan fingerprint density at radius 3 is 2.43 bits per heavy atom. The average Bonchev–Trinajstić information content (AvgIpc) is 2.91. The van der Waals surface area contributed by atoms with Gasteiger partial charge in [-0.2, -0.15) is 0 Å². The van der Waals surface area contributed by atoms with E-state index in [1.54, 1.807) is 0 Å². The molecule has 1 aliphatic rings. The van der Waals surface area contributed by atoms with Crippen molar-refractivity contribution in [2.24, 2.45) is 0 Å². The number of fused-ring (bicyclic) bond motifs is 3. The highest BCUT2D eigenvalue weighted by molar-refractivity contribution is 5.92. The molecule has 3 aromatic carbocycles. The van der Waals surface area contributed by atoms with Crippen molar-refractivity contribution in [3.63, 3.8) is 0 Å². The van der Waals surface area contributed by atoms with Gasteiger partial charge in [0.2, 0.25) is 5.91 Å². The minimum absolute atomic E-state index is 0.0187. The third kappa shape index (κ3) is 5.36. The quantitative estimate of drug-likeness (QED) is 0.382. The zero-order chi connectivity index (χ0) is 24.0. The second kappa shape index (κ2) is 10.5. The van der Waals surface area contributed by atoms with E-state index in [2.05, 4.69) is 5.32 Å². The van der Waals surface area contributed by atoms with Crippen LogP contribution in [0.2, 0.25) is 0 Å². The van der Waals surface area contributed by atoms with Crippen LogP contribution >= 0.6 is 0 Å². The average molecular weight is 462 g/mol. The predicted octanol–water partition coefficient (Wildman–Crippen LogP) is 5.48. The Kier molecular flexibility index (Phi) is 6.77. The molecular formula is C30H27N3O2. The molecule has 2 N–H and O–H groups in total. The van der Waals surface area contributed by atoms with Gasteiger partial charge in [-0.1, -0.05) is 84.9 Å². The molecule has 0 atom stereocenters. The van der Waals surface area contributed by atoms with Crippen LogP contribution in [0.5, 0.6) is 0 Å². The number of carbonyl (C=O) groups is 1. The maximum atomic E-state index is 12.8. The van der Waals surface area contributed by atoms with Crippen LogP contribution in [0.4, 0.5) is 5.82 Å². The number of carbonyl (C=O) groups excluding carboxylic acids is 1. The van der Waals surface area contributed by atoms with Gasteiger partial charge >= 0.3 is 0 Å². The third-order valence-corrected chi connectivity index (χ3v) is 6.21. The van der Waals surface area contributed by atoms with Crippen molar-refractivity contribution in [3.8, 4) is 11.3 Å². The Bertz CT molecular complexity index is 1370. The van der Waals surface area contributed by atoms with Crippen molar-refractivity contribution in [1.82, 2.24) is 9.97 Å². The predicted molar refractivity (Wildman–Crippen MR) is 140 cm³/mol. The van der Waals surface area contributed by atoms with Crippen LogP contribution in [0, 0.1) is 0 Å². The van der Waals surface area contributed by atoms with Gasteiger partial charge in [0.15, 0.2) is 5.82 Å². The summed E-state index contributed by atoms with van der Waals surface area (Å²) in [6.45, 7) is 0.0187. The number of hydrogen-bond acceptors (Lipinski definition) is 4. The monoisotopic (exact) mass is 461 g/mol. The first-order valence-electron chi connectivity index (χ1n) is 11.9. The van der Waals surface area contributed by atoms with Crippen molar-refractivity contribution in [2.75, 3.05) is 5.32 Å². The lowest BCUT2D eigenvalue weighted by Gasteiger charge is -2.21. The van der Waals surface area contributed by atoms with Gasteiger partial charge in [-0.3, -0.25) is 4.79 Å². The second-order valence-corrected chi connectivity index (χ2v) is 8.68. The first-order valence-corrected chi connectivity index (χ1v) is 11.9. The van der Waals surface area contributed by atoms with Gasteiger partial charge < -0.3 is 10.4 Å². The molecule has 35 heavy (non-hydrogen) atoms. The van der Waals surface area contributed by atoms with Crippen LogP contribution in [0.1, 0.15) is 40.1 Å². The summed E-state index contributed by atoms with van der Waals surface area (Å²) < 4.78 is 0. The maximum absolute atomic E-state index is 12.8. The number of nitrogens with one attached hydrogen (secondary N) is 1. The van der Waals surface area contributed by atoms with E-state index in [1.165, 1.54) is 0 Å². The highest BCUT2D eigenvalue weighted by Gasteiger charge is 2.22. The van der Waals surface area contributed by atoms with E-state index >= 15 is 0 Å². The third-order valence-electron chi connectivity index (χ3n) is 6.21. The van der Waals surface area contributed by atoms with Gasteiger partial charge in [0, 0.05) is 12.0 Å². The summed E-state index contributed by atoms with van der Waals surface area (Å²) in [6, 6.07) is 26.0. The number of aryl methyl sites for hydroxylation is 3. The lowest BCUT2D eigenvalue weighted by Crippen LogP contribution is -2.18. The zero-order valence-corrected chi connectivity index (χ0v) is 19.4. The molecule has 0 fully saturated rings. The smallest absolute Gasteiger partial charge is 0.225 e. The van der Waals surface area contributed by atoms with Crippen molar-refractivity contribution in [3.05, 3.63) is 113 Å². The fourth-order valence-electron chi connectivity index (χ4n) is 4.35.